The summed E-state index contributed by atoms with van der Waals surface area (Å²) in [6.45, 7) is 3.71. The second-order valence-electron chi connectivity index (χ2n) is 4.21. The summed E-state index contributed by atoms with van der Waals surface area (Å²) in [7, 11) is 0. The number of nitrogen functional groups attached to an aromatic ring is 1. The lowest BCUT2D eigenvalue weighted by Crippen LogP contribution is -2.15. The first kappa shape index (κ1) is 15.7. The van der Waals surface area contributed by atoms with Crippen molar-refractivity contribution in [1.29, 1.82) is 0 Å². The molecule has 2 aromatic rings. The average molecular weight is 375 g/mol. The van der Waals surface area contributed by atoms with E-state index in [2.05, 4.69) is 36.3 Å². The number of ether oxygens (including phenoxy) is 2. The highest BCUT2D eigenvalue weighted by molar-refractivity contribution is 9.10. The maximum absolute atomic E-state index is 5.88. The minimum atomic E-state index is -0.0897. The van der Waals surface area contributed by atoms with Crippen LogP contribution in [0.25, 0.3) is 0 Å². The Morgan fingerprint density at radius 1 is 1.24 bits per heavy atom. The standard InChI is InChI=1S/C12H13BrClN5O2/c1-6(2)20-11-16-10(19-15)17-12(18-11)21-9-4-3-7(14)5-8(9)13/h3-6H,15H2,1-2H3,(H,16,17,18,19). The molecule has 0 saturated heterocycles. The fourth-order valence-corrected chi connectivity index (χ4v) is 2.13. The Kier molecular flexibility index (Phi) is 5.16. The molecular formula is C12H13BrClN5O2. The van der Waals surface area contributed by atoms with E-state index in [1.165, 1.54) is 0 Å². The number of nitrogens with one attached hydrogen (secondary N) is 1. The van der Waals surface area contributed by atoms with Gasteiger partial charge in [-0.1, -0.05) is 11.6 Å². The van der Waals surface area contributed by atoms with Gasteiger partial charge >= 0.3 is 12.0 Å². The molecule has 1 aromatic carbocycles. The van der Waals surface area contributed by atoms with Crippen LogP contribution in [-0.4, -0.2) is 21.1 Å². The van der Waals surface area contributed by atoms with Gasteiger partial charge in [-0.05, 0) is 48.0 Å². The van der Waals surface area contributed by atoms with Crippen LogP contribution in [0.5, 0.6) is 17.8 Å². The lowest BCUT2D eigenvalue weighted by atomic mass is 10.3. The van der Waals surface area contributed by atoms with Crippen LogP contribution in [0, 0.1) is 0 Å². The maximum atomic E-state index is 5.88. The van der Waals surface area contributed by atoms with Crippen molar-refractivity contribution in [1.82, 2.24) is 15.0 Å². The van der Waals surface area contributed by atoms with Gasteiger partial charge in [-0.3, -0.25) is 5.43 Å². The Bertz CT molecular complexity index is 641. The average Bonchev–Trinajstić information content (AvgIpc) is 2.41. The molecule has 0 aliphatic rings. The fraction of sp³-hybridized carbons (Fsp3) is 0.250. The van der Waals surface area contributed by atoms with E-state index in [1.54, 1.807) is 18.2 Å². The first-order chi connectivity index (χ1) is 9.97. The van der Waals surface area contributed by atoms with Gasteiger partial charge in [-0.2, -0.15) is 9.97 Å². The molecule has 21 heavy (non-hydrogen) atoms. The molecule has 0 bridgehead atoms. The largest absolute Gasteiger partial charge is 0.461 e. The summed E-state index contributed by atoms with van der Waals surface area (Å²) in [4.78, 5) is 12.0. The number of hydrogen-bond acceptors (Lipinski definition) is 7. The van der Waals surface area contributed by atoms with Crippen LogP contribution in [-0.2, 0) is 0 Å². The van der Waals surface area contributed by atoms with Crippen molar-refractivity contribution < 1.29 is 9.47 Å². The van der Waals surface area contributed by atoms with Crippen LogP contribution < -0.4 is 20.7 Å². The van der Waals surface area contributed by atoms with Gasteiger partial charge in [0.05, 0.1) is 10.6 Å². The van der Waals surface area contributed by atoms with Crippen LogP contribution in [0.4, 0.5) is 5.95 Å². The predicted molar refractivity (Wildman–Crippen MR) is 82.6 cm³/mol. The summed E-state index contributed by atoms with van der Waals surface area (Å²) in [5.41, 5.74) is 2.34. The normalized spacial score (nSPS) is 10.6. The van der Waals surface area contributed by atoms with E-state index in [4.69, 9.17) is 26.9 Å². The fourth-order valence-electron chi connectivity index (χ4n) is 1.37. The SMILES string of the molecule is CC(C)Oc1nc(NN)nc(Oc2ccc(Cl)cc2Br)n1. The van der Waals surface area contributed by atoms with Gasteiger partial charge in [0.15, 0.2) is 0 Å². The minimum absolute atomic E-state index is 0.0524. The number of anilines is 1. The van der Waals surface area contributed by atoms with E-state index < -0.39 is 0 Å². The third-order valence-corrected chi connectivity index (χ3v) is 3.01. The predicted octanol–water partition coefficient (Wildman–Crippen LogP) is 3.15. The van der Waals surface area contributed by atoms with Gasteiger partial charge in [0.1, 0.15) is 5.75 Å². The number of nitrogens with two attached hydrogens (primary N) is 1. The van der Waals surface area contributed by atoms with E-state index in [0.717, 1.165) is 0 Å². The van der Waals surface area contributed by atoms with Crippen LogP contribution in [0.3, 0.4) is 0 Å². The Morgan fingerprint density at radius 3 is 2.57 bits per heavy atom. The summed E-state index contributed by atoms with van der Waals surface area (Å²) in [5.74, 6) is 5.96. The molecule has 0 aliphatic heterocycles. The molecule has 0 fully saturated rings. The molecule has 3 N–H and O–H groups in total. The van der Waals surface area contributed by atoms with E-state index >= 15 is 0 Å². The molecule has 0 unspecified atom stereocenters. The molecule has 1 heterocycles. The van der Waals surface area contributed by atoms with Crippen LogP contribution in [0.15, 0.2) is 22.7 Å². The van der Waals surface area contributed by atoms with Crippen molar-refractivity contribution in [3.63, 3.8) is 0 Å². The Labute approximate surface area is 135 Å². The van der Waals surface area contributed by atoms with Crippen LogP contribution >= 0.6 is 27.5 Å². The van der Waals surface area contributed by atoms with Gasteiger partial charge < -0.3 is 9.47 Å². The Morgan fingerprint density at radius 2 is 1.95 bits per heavy atom. The molecule has 0 atom stereocenters. The van der Waals surface area contributed by atoms with Crippen LogP contribution in [0.2, 0.25) is 5.02 Å². The van der Waals surface area contributed by atoms with Crippen molar-refractivity contribution in [3.05, 3.63) is 27.7 Å². The van der Waals surface area contributed by atoms with E-state index in [-0.39, 0.29) is 24.1 Å². The molecule has 112 valence electrons. The van der Waals surface area contributed by atoms with Crippen molar-refractivity contribution in [2.45, 2.75) is 20.0 Å². The zero-order chi connectivity index (χ0) is 15.4. The topological polar surface area (TPSA) is 95.2 Å². The van der Waals surface area contributed by atoms with Gasteiger partial charge in [-0.15, -0.1) is 4.98 Å². The minimum Gasteiger partial charge on any atom is -0.461 e. The van der Waals surface area contributed by atoms with E-state index in [1.807, 2.05) is 13.8 Å². The zero-order valence-corrected chi connectivity index (χ0v) is 13.6. The Balaban J connectivity index is 2.29. The molecule has 0 radical (unpaired) electrons. The number of benzene rings is 1. The molecule has 2 rings (SSSR count). The van der Waals surface area contributed by atoms with E-state index in [0.29, 0.717) is 15.2 Å². The van der Waals surface area contributed by atoms with E-state index in [9.17, 15) is 0 Å². The summed E-state index contributed by atoms with van der Waals surface area (Å²) in [6, 6.07) is 5.25. The summed E-state index contributed by atoms with van der Waals surface area (Å²) < 4.78 is 11.7. The van der Waals surface area contributed by atoms with Gasteiger partial charge in [-0.25, -0.2) is 5.84 Å². The summed E-state index contributed by atoms with van der Waals surface area (Å²) in [5, 5.41) is 0.581. The highest BCUT2D eigenvalue weighted by Gasteiger charge is 2.12. The number of hydrazine groups is 1. The molecule has 1 aromatic heterocycles. The van der Waals surface area contributed by atoms with Crippen molar-refractivity contribution in [2.75, 3.05) is 5.43 Å². The zero-order valence-electron chi connectivity index (χ0n) is 11.3. The second-order valence-corrected chi connectivity index (χ2v) is 5.50. The first-order valence-electron chi connectivity index (χ1n) is 6.00. The van der Waals surface area contributed by atoms with Crippen LogP contribution in [0.1, 0.15) is 13.8 Å². The highest BCUT2D eigenvalue weighted by Crippen LogP contribution is 2.31. The third-order valence-electron chi connectivity index (χ3n) is 2.16. The monoisotopic (exact) mass is 373 g/mol. The van der Waals surface area contributed by atoms with Crippen molar-refractivity contribution in [3.8, 4) is 17.8 Å². The molecule has 0 amide bonds. The Hall–Kier alpha value is -1.64. The molecular weight excluding hydrogens is 362 g/mol. The van der Waals surface area contributed by atoms with Crippen molar-refractivity contribution in [2.24, 2.45) is 5.84 Å². The molecule has 9 heteroatoms. The molecule has 7 nitrogen and oxygen atoms in total. The number of nitrogens with zero attached hydrogens (tertiary/aromatic N) is 3. The molecule has 0 aliphatic carbocycles. The first-order valence-corrected chi connectivity index (χ1v) is 7.17. The maximum Gasteiger partial charge on any atom is 0.330 e. The lowest BCUT2D eigenvalue weighted by molar-refractivity contribution is 0.218. The summed E-state index contributed by atoms with van der Waals surface area (Å²) in [6.07, 6.45) is -0.0897. The van der Waals surface area contributed by atoms with Gasteiger partial charge in [0.2, 0.25) is 5.95 Å². The van der Waals surface area contributed by atoms with Gasteiger partial charge in [0, 0.05) is 5.02 Å². The smallest absolute Gasteiger partial charge is 0.330 e. The number of rotatable bonds is 5. The molecule has 0 saturated carbocycles. The van der Waals surface area contributed by atoms with Crippen molar-refractivity contribution >= 4 is 33.5 Å². The molecule has 0 spiro atoms. The highest BCUT2D eigenvalue weighted by atomic mass is 79.9. The number of aromatic nitrogens is 3. The number of hydrogen-bond donors (Lipinski definition) is 2. The summed E-state index contributed by atoms with van der Waals surface area (Å²) >= 11 is 9.22. The quantitative estimate of drug-likeness (QED) is 0.613. The van der Waals surface area contributed by atoms with Gasteiger partial charge in [0.25, 0.3) is 0 Å². The second kappa shape index (κ2) is 6.88. The number of halogens is 2. The lowest BCUT2D eigenvalue weighted by Gasteiger charge is -2.11. The third kappa shape index (κ3) is 4.42.